The molecule has 9 heteroatoms. The maximum absolute atomic E-state index is 12.6. The largest absolute Gasteiger partial charge is 0.271 e. The van der Waals surface area contributed by atoms with Gasteiger partial charge >= 0.3 is 0 Å². The molecule has 37 heavy (non-hydrogen) atoms. The molecule has 1 amide bonds. The zero-order chi connectivity index (χ0) is 25.6. The van der Waals surface area contributed by atoms with Gasteiger partial charge in [-0.05, 0) is 42.3 Å². The van der Waals surface area contributed by atoms with E-state index >= 15 is 0 Å². The first kappa shape index (κ1) is 23.8. The fourth-order valence-electron chi connectivity index (χ4n) is 3.97. The molecule has 9 nitrogen and oxygen atoms in total. The van der Waals surface area contributed by atoms with Crippen molar-refractivity contribution in [3.63, 3.8) is 0 Å². The number of aromatic nitrogens is 6. The molecule has 2 heterocycles. The number of amides is 1. The normalized spacial score (nSPS) is 11.2. The number of nitrogens with one attached hydrogen (secondary N) is 1. The Labute approximate surface area is 214 Å². The van der Waals surface area contributed by atoms with Gasteiger partial charge < -0.3 is 0 Å². The van der Waals surface area contributed by atoms with E-state index < -0.39 is 0 Å². The fourth-order valence-corrected chi connectivity index (χ4v) is 3.97. The molecule has 0 aliphatic rings. The lowest BCUT2D eigenvalue weighted by atomic mass is 10.1. The summed E-state index contributed by atoms with van der Waals surface area (Å²) < 4.78 is 1.94. The van der Waals surface area contributed by atoms with Crippen molar-refractivity contribution in [3.8, 4) is 11.4 Å². The van der Waals surface area contributed by atoms with Gasteiger partial charge in [-0.1, -0.05) is 72.8 Å². The lowest BCUT2D eigenvalue weighted by Crippen LogP contribution is -2.17. The molecule has 2 aromatic heterocycles. The summed E-state index contributed by atoms with van der Waals surface area (Å²) in [6.45, 7) is 5.06. The number of hydrogen-bond donors (Lipinski definition) is 1. The van der Waals surface area contributed by atoms with Gasteiger partial charge in [0.15, 0.2) is 0 Å². The van der Waals surface area contributed by atoms with Gasteiger partial charge in [0.2, 0.25) is 5.82 Å². The van der Waals surface area contributed by atoms with Crippen molar-refractivity contribution in [2.24, 2.45) is 5.10 Å². The Bertz CT molecular complexity index is 1520. The highest BCUT2D eigenvalue weighted by Crippen LogP contribution is 2.14. The first-order valence-corrected chi connectivity index (χ1v) is 11.9. The summed E-state index contributed by atoms with van der Waals surface area (Å²) in [7, 11) is 0. The molecule has 0 atom stereocenters. The zero-order valence-corrected chi connectivity index (χ0v) is 20.6. The van der Waals surface area contributed by atoms with Gasteiger partial charge in [0, 0.05) is 22.4 Å². The van der Waals surface area contributed by atoms with Gasteiger partial charge in [-0.15, -0.1) is 10.2 Å². The molecule has 184 valence electrons. The molecule has 0 saturated carbocycles. The van der Waals surface area contributed by atoms with Gasteiger partial charge in [-0.3, -0.25) is 9.48 Å². The number of tetrazole rings is 1. The summed E-state index contributed by atoms with van der Waals surface area (Å²) in [6.07, 6.45) is 1.64. The first-order chi connectivity index (χ1) is 18.1. The van der Waals surface area contributed by atoms with Crippen LogP contribution in [0.1, 0.15) is 38.4 Å². The third kappa shape index (κ3) is 5.67. The quantitative estimate of drug-likeness (QED) is 0.261. The topological polar surface area (TPSA) is 103 Å². The van der Waals surface area contributed by atoms with Crippen LogP contribution in [0, 0.1) is 13.8 Å². The minimum absolute atomic E-state index is 0.292. The van der Waals surface area contributed by atoms with Gasteiger partial charge in [-0.25, -0.2) is 5.43 Å². The lowest BCUT2D eigenvalue weighted by Gasteiger charge is -2.04. The summed E-state index contributed by atoms with van der Waals surface area (Å²) in [5, 5.41) is 21.5. The third-order valence-electron chi connectivity index (χ3n) is 6.00. The average molecular weight is 491 g/mol. The Morgan fingerprint density at radius 2 is 1.54 bits per heavy atom. The van der Waals surface area contributed by atoms with E-state index in [9.17, 15) is 4.79 Å². The third-order valence-corrected chi connectivity index (χ3v) is 6.00. The number of aryl methyl sites for hydroxylation is 1. The van der Waals surface area contributed by atoms with E-state index in [1.807, 2.05) is 79.2 Å². The maximum Gasteiger partial charge on any atom is 0.271 e. The highest BCUT2D eigenvalue weighted by Gasteiger charge is 2.11. The predicted molar refractivity (Wildman–Crippen MR) is 141 cm³/mol. The number of benzene rings is 3. The Kier molecular flexibility index (Phi) is 6.93. The number of hydrogen-bond acceptors (Lipinski definition) is 6. The van der Waals surface area contributed by atoms with E-state index in [0.717, 1.165) is 28.1 Å². The van der Waals surface area contributed by atoms with Crippen molar-refractivity contribution in [2.75, 3.05) is 0 Å². The van der Waals surface area contributed by atoms with Crippen molar-refractivity contribution in [1.29, 1.82) is 0 Å². The van der Waals surface area contributed by atoms with Crippen LogP contribution in [0.25, 0.3) is 11.4 Å². The summed E-state index contributed by atoms with van der Waals surface area (Å²) in [4.78, 5) is 14.1. The number of carbonyl (C=O) groups excluding carboxylic acids is 1. The van der Waals surface area contributed by atoms with Crippen LogP contribution < -0.4 is 5.43 Å². The van der Waals surface area contributed by atoms with Crippen LogP contribution in [0.5, 0.6) is 0 Å². The average Bonchev–Trinajstić information content (AvgIpc) is 3.50. The van der Waals surface area contributed by atoms with E-state index in [1.165, 1.54) is 10.4 Å². The van der Waals surface area contributed by atoms with E-state index in [4.69, 9.17) is 0 Å². The summed E-state index contributed by atoms with van der Waals surface area (Å²) in [6, 6.07) is 27.1. The summed E-state index contributed by atoms with van der Waals surface area (Å²) in [5.41, 5.74) is 8.88. The van der Waals surface area contributed by atoms with E-state index in [2.05, 4.69) is 43.2 Å². The minimum atomic E-state index is -0.292. The molecule has 5 aromatic rings. The molecule has 0 aliphatic carbocycles. The van der Waals surface area contributed by atoms with Gasteiger partial charge in [-0.2, -0.15) is 15.0 Å². The molecule has 3 aromatic carbocycles. The summed E-state index contributed by atoms with van der Waals surface area (Å²) in [5.74, 6) is 0.283. The Hall–Kier alpha value is -4.92. The molecule has 0 saturated heterocycles. The Balaban J connectivity index is 1.19. The molecule has 0 bridgehead atoms. The molecule has 0 aliphatic heterocycles. The molecule has 5 rings (SSSR count). The minimum Gasteiger partial charge on any atom is -0.267 e. The lowest BCUT2D eigenvalue weighted by molar-refractivity contribution is 0.0955. The fraction of sp³-hybridized carbons (Fsp3) is 0.143. The molecular weight excluding hydrogens is 464 g/mol. The Morgan fingerprint density at radius 1 is 0.865 bits per heavy atom. The maximum atomic E-state index is 12.6. The molecule has 0 unspecified atom stereocenters. The van der Waals surface area contributed by atoms with Crippen LogP contribution in [0.2, 0.25) is 0 Å². The number of nitrogens with zero attached hydrogens (tertiary/aromatic N) is 7. The molecular formula is C28H26N8O. The van der Waals surface area contributed by atoms with Crippen LogP contribution >= 0.6 is 0 Å². The smallest absolute Gasteiger partial charge is 0.267 e. The highest BCUT2D eigenvalue weighted by atomic mass is 16.2. The van der Waals surface area contributed by atoms with Crippen molar-refractivity contribution in [1.82, 2.24) is 35.4 Å². The summed E-state index contributed by atoms with van der Waals surface area (Å²) >= 11 is 0. The van der Waals surface area contributed by atoms with Crippen LogP contribution in [0.15, 0.2) is 90.0 Å². The van der Waals surface area contributed by atoms with Gasteiger partial charge in [0.05, 0.1) is 25.0 Å². The predicted octanol–water partition coefficient (Wildman–Crippen LogP) is 4.01. The molecule has 1 N–H and O–H groups in total. The van der Waals surface area contributed by atoms with Crippen LogP contribution in [0.3, 0.4) is 0 Å². The van der Waals surface area contributed by atoms with Crippen molar-refractivity contribution >= 4 is 12.1 Å². The van der Waals surface area contributed by atoms with Gasteiger partial charge in [0.1, 0.15) is 0 Å². The van der Waals surface area contributed by atoms with Crippen LogP contribution in [0.4, 0.5) is 0 Å². The SMILES string of the molecule is Cc1nn(Cc2ccccc2)c(C)c1/C=N\NC(=O)c1ccc(Cn2nnc(-c3ccccc3)n2)cc1. The van der Waals surface area contributed by atoms with Crippen molar-refractivity contribution in [2.45, 2.75) is 26.9 Å². The number of rotatable bonds is 8. The molecule has 0 radical (unpaired) electrons. The first-order valence-electron chi connectivity index (χ1n) is 11.9. The van der Waals surface area contributed by atoms with Crippen molar-refractivity contribution < 1.29 is 4.79 Å². The second-order valence-corrected chi connectivity index (χ2v) is 8.63. The molecule has 0 spiro atoms. The van der Waals surface area contributed by atoms with E-state index in [0.29, 0.717) is 24.5 Å². The second-order valence-electron chi connectivity index (χ2n) is 8.63. The monoisotopic (exact) mass is 490 g/mol. The Morgan fingerprint density at radius 3 is 2.27 bits per heavy atom. The van der Waals surface area contributed by atoms with Crippen LogP contribution in [-0.2, 0) is 13.1 Å². The standard InChI is InChI=1S/C28H26N8O/c1-20-26(21(2)35(32-20)18-22-9-5-3-6-10-22)17-29-31-28(37)25-15-13-23(14-16-25)19-36-33-27(30-34-36)24-11-7-4-8-12-24/h3-17H,18-19H2,1-2H3,(H,31,37)/b29-17-. The number of carbonyl (C=O) groups is 1. The van der Waals surface area contributed by atoms with Gasteiger partial charge in [0.25, 0.3) is 5.91 Å². The number of hydrazone groups is 1. The zero-order valence-electron chi connectivity index (χ0n) is 20.6. The second kappa shape index (κ2) is 10.8. The van der Waals surface area contributed by atoms with E-state index in [-0.39, 0.29) is 5.91 Å². The molecule has 0 fully saturated rings. The van der Waals surface area contributed by atoms with Crippen molar-refractivity contribution in [3.05, 3.63) is 119 Å². The van der Waals surface area contributed by atoms with Crippen LogP contribution in [-0.4, -0.2) is 42.1 Å². The van der Waals surface area contributed by atoms with E-state index in [1.54, 1.807) is 18.3 Å². The highest BCUT2D eigenvalue weighted by molar-refractivity contribution is 5.95.